The molecule has 2 aliphatic rings. The number of carbonyl (C=O) groups is 2. The van der Waals surface area contributed by atoms with Gasteiger partial charge in [-0.3, -0.25) is 0 Å². The van der Waals surface area contributed by atoms with Crippen LogP contribution in [0.25, 0.3) is 10.9 Å². The minimum Gasteiger partial charge on any atom is -0.438 e. The molecule has 0 saturated carbocycles. The van der Waals surface area contributed by atoms with E-state index in [1.165, 1.54) is 5.06 Å². The van der Waals surface area contributed by atoms with Crippen molar-refractivity contribution in [2.24, 2.45) is 0 Å². The third-order valence-electron chi connectivity index (χ3n) is 4.02. The van der Waals surface area contributed by atoms with Crippen LogP contribution in [0.4, 0.5) is 5.69 Å². The van der Waals surface area contributed by atoms with Gasteiger partial charge in [-0.1, -0.05) is 11.1 Å². The predicted octanol–water partition coefficient (Wildman–Crippen LogP) is 1.19. The summed E-state index contributed by atoms with van der Waals surface area (Å²) in [6, 6.07) is 8.04. The van der Waals surface area contributed by atoms with Gasteiger partial charge in [-0.15, -0.1) is 0 Å². The number of esters is 1. The second-order valence-corrected chi connectivity index (χ2v) is 5.44. The molecule has 7 nitrogen and oxygen atoms in total. The number of carbonyl (C=O) groups excluding carboxylic acids is 2. The van der Waals surface area contributed by atoms with E-state index >= 15 is 0 Å². The van der Waals surface area contributed by atoms with E-state index < -0.39 is 18.2 Å². The monoisotopic (exact) mass is 313 g/mol. The Morgan fingerprint density at radius 3 is 2.87 bits per heavy atom. The Labute approximate surface area is 132 Å². The Balaban J connectivity index is 1.62. The molecule has 0 radical (unpaired) electrons. The van der Waals surface area contributed by atoms with E-state index in [9.17, 15) is 9.59 Å². The molecule has 1 fully saturated rings. The molecule has 118 valence electrons. The number of fused-ring (bicyclic) bond motifs is 2. The third kappa shape index (κ3) is 2.55. The Morgan fingerprint density at radius 2 is 1.96 bits per heavy atom. The van der Waals surface area contributed by atoms with Crippen molar-refractivity contribution in [1.29, 1.82) is 0 Å². The van der Waals surface area contributed by atoms with E-state index in [0.29, 0.717) is 19.6 Å². The molecule has 1 aromatic carbocycles. The van der Waals surface area contributed by atoms with Gasteiger partial charge in [0, 0.05) is 41.5 Å². The van der Waals surface area contributed by atoms with Crippen LogP contribution in [0.2, 0.25) is 0 Å². The highest BCUT2D eigenvalue weighted by Gasteiger charge is 2.34. The standard InChI is InChI=1S/C16H15N3O4/c20-15-4-5-16(21)23-19-9-8-18(10-14(19)22-15)13-3-1-2-12-11(13)6-7-17-12/h1-7,14,17H,8-10H2/b5-4+. The highest BCUT2D eigenvalue weighted by molar-refractivity contribution is 5.93. The topological polar surface area (TPSA) is 74.9 Å². The van der Waals surface area contributed by atoms with Crippen molar-refractivity contribution < 1.29 is 19.2 Å². The van der Waals surface area contributed by atoms with E-state index in [2.05, 4.69) is 9.88 Å². The number of benzene rings is 1. The van der Waals surface area contributed by atoms with Crippen LogP contribution in [0.15, 0.2) is 42.6 Å². The van der Waals surface area contributed by atoms with E-state index in [-0.39, 0.29) is 0 Å². The summed E-state index contributed by atoms with van der Waals surface area (Å²) in [5, 5.41) is 2.53. The van der Waals surface area contributed by atoms with Gasteiger partial charge in [0.15, 0.2) is 0 Å². The van der Waals surface area contributed by atoms with Crippen LogP contribution >= 0.6 is 0 Å². The fourth-order valence-corrected chi connectivity index (χ4v) is 2.95. The second-order valence-electron chi connectivity index (χ2n) is 5.44. The number of rotatable bonds is 1. The molecule has 1 atom stereocenters. The number of piperazine rings is 1. The molecule has 2 aromatic rings. The summed E-state index contributed by atoms with van der Waals surface area (Å²) in [7, 11) is 0. The van der Waals surface area contributed by atoms with Crippen LogP contribution in [-0.2, 0) is 19.2 Å². The van der Waals surface area contributed by atoms with Gasteiger partial charge in [-0.2, -0.15) is 0 Å². The summed E-state index contributed by atoms with van der Waals surface area (Å²) in [4.78, 5) is 33.7. The van der Waals surface area contributed by atoms with E-state index in [0.717, 1.165) is 28.7 Å². The first-order valence-electron chi connectivity index (χ1n) is 7.39. The molecule has 23 heavy (non-hydrogen) atoms. The molecular weight excluding hydrogens is 298 g/mol. The molecule has 3 heterocycles. The lowest BCUT2D eigenvalue weighted by atomic mass is 10.1. The van der Waals surface area contributed by atoms with Crippen LogP contribution in [-0.4, -0.2) is 47.8 Å². The van der Waals surface area contributed by atoms with Crippen molar-refractivity contribution in [2.75, 3.05) is 24.5 Å². The molecule has 0 amide bonds. The quantitative estimate of drug-likeness (QED) is 0.797. The van der Waals surface area contributed by atoms with Crippen LogP contribution in [0.3, 0.4) is 0 Å². The number of H-pyrrole nitrogens is 1. The summed E-state index contributed by atoms with van der Waals surface area (Å²) < 4.78 is 5.36. The number of aromatic nitrogens is 1. The van der Waals surface area contributed by atoms with E-state index in [1.54, 1.807) is 0 Å². The number of hydrogen-bond acceptors (Lipinski definition) is 6. The Morgan fingerprint density at radius 1 is 1.09 bits per heavy atom. The van der Waals surface area contributed by atoms with Gasteiger partial charge < -0.3 is 19.5 Å². The van der Waals surface area contributed by atoms with Crippen molar-refractivity contribution in [2.45, 2.75) is 6.23 Å². The first-order valence-corrected chi connectivity index (χ1v) is 7.39. The molecule has 1 unspecified atom stereocenters. The minimum absolute atomic E-state index is 0.428. The van der Waals surface area contributed by atoms with Crippen molar-refractivity contribution in [1.82, 2.24) is 10.0 Å². The van der Waals surface area contributed by atoms with Gasteiger partial charge in [-0.25, -0.2) is 9.59 Å². The summed E-state index contributed by atoms with van der Waals surface area (Å²) in [6.07, 6.45) is 3.43. The average Bonchev–Trinajstić information content (AvgIpc) is 3.02. The van der Waals surface area contributed by atoms with Crippen LogP contribution in [0, 0.1) is 0 Å². The fourth-order valence-electron chi connectivity index (χ4n) is 2.95. The fraction of sp³-hybridized carbons (Fsp3) is 0.250. The number of hydroxylamine groups is 2. The van der Waals surface area contributed by atoms with Crippen molar-refractivity contribution in [3.63, 3.8) is 0 Å². The molecule has 1 aromatic heterocycles. The highest BCUT2D eigenvalue weighted by Crippen LogP contribution is 2.28. The summed E-state index contributed by atoms with van der Waals surface area (Å²) in [5.41, 5.74) is 2.11. The number of aromatic amines is 1. The largest absolute Gasteiger partial charge is 0.438 e. The molecule has 1 N–H and O–H groups in total. The number of nitrogens with one attached hydrogen (secondary N) is 1. The van der Waals surface area contributed by atoms with E-state index in [1.807, 2.05) is 30.5 Å². The maximum Gasteiger partial charge on any atom is 0.350 e. The molecule has 1 saturated heterocycles. The average molecular weight is 313 g/mol. The SMILES string of the molecule is O=C1/C=C/C(=O)ON2CCN(c3cccc4[nH]ccc34)CC2O1. The van der Waals surface area contributed by atoms with Gasteiger partial charge in [0.2, 0.25) is 6.23 Å². The number of nitrogens with zero attached hydrogens (tertiary/aromatic N) is 2. The molecule has 4 rings (SSSR count). The van der Waals surface area contributed by atoms with Crippen LogP contribution in [0.5, 0.6) is 0 Å². The molecule has 0 bridgehead atoms. The van der Waals surface area contributed by atoms with Crippen molar-refractivity contribution in [3.05, 3.63) is 42.6 Å². The zero-order valence-electron chi connectivity index (χ0n) is 12.3. The van der Waals surface area contributed by atoms with Crippen LogP contribution in [0.1, 0.15) is 0 Å². The molecule has 0 aliphatic carbocycles. The van der Waals surface area contributed by atoms with Gasteiger partial charge in [0.1, 0.15) is 0 Å². The number of ether oxygens (including phenoxy) is 1. The van der Waals surface area contributed by atoms with Gasteiger partial charge in [0.25, 0.3) is 0 Å². The van der Waals surface area contributed by atoms with Gasteiger partial charge >= 0.3 is 11.9 Å². The Hall–Kier alpha value is -2.80. The number of anilines is 1. The van der Waals surface area contributed by atoms with Gasteiger partial charge in [0.05, 0.1) is 13.1 Å². The summed E-state index contributed by atoms with van der Waals surface area (Å²) >= 11 is 0. The third-order valence-corrected chi connectivity index (χ3v) is 4.02. The van der Waals surface area contributed by atoms with Crippen molar-refractivity contribution in [3.8, 4) is 0 Å². The zero-order chi connectivity index (χ0) is 15.8. The van der Waals surface area contributed by atoms with Crippen LogP contribution < -0.4 is 4.90 Å². The maximum atomic E-state index is 11.7. The molecule has 0 spiro atoms. The highest BCUT2D eigenvalue weighted by atomic mass is 16.7. The molecule has 2 aliphatic heterocycles. The molecule has 7 heteroatoms. The Bertz CT molecular complexity index is 797. The van der Waals surface area contributed by atoms with Crippen molar-refractivity contribution >= 4 is 28.5 Å². The lowest BCUT2D eigenvalue weighted by Crippen LogP contribution is -2.55. The summed E-state index contributed by atoms with van der Waals surface area (Å²) in [6.45, 7) is 1.55. The first kappa shape index (κ1) is 13.8. The summed E-state index contributed by atoms with van der Waals surface area (Å²) in [5.74, 6) is -1.11. The zero-order valence-corrected chi connectivity index (χ0v) is 12.3. The van der Waals surface area contributed by atoms with Gasteiger partial charge in [-0.05, 0) is 18.2 Å². The minimum atomic E-state index is -0.626. The maximum absolute atomic E-state index is 11.7. The Kier molecular flexibility index (Phi) is 3.27. The normalized spacial score (nSPS) is 23.7. The predicted molar refractivity (Wildman–Crippen MR) is 82.3 cm³/mol. The molecular formula is C16H15N3O4. The number of hydrogen-bond donors (Lipinski definition) is 1. The lowest BCUT2D eigenvalue weighted by molar-refractivity contribution is -0.240. The smallest absolute Gasteiger partial charge is 0.350 e. The van der Waals surface area contributed by atoms with E-state index in [4.69, 9.17) is 9.57 Å². The lowest BCUT2D eigenvalue weighted by Gasteiger charge is -2.40. The first-order chi connectivity index (χ1) is 11.2. The second kappa shape index (κ2) is 5.44.